The van der Waals surface area contributed by atoms with Crippen LogP contribution in [0, 0.1) is 11.3 Å². The lowest BCUT2D eigenvalue weighted by Crippen LogP contribution is -2.05. The van der Waals surface area contributed by atoms with Gasteiger partial charge in [0.2, 0.25) is 0 Å². The number of aromatic nitrogens is 4. The zero-order valence-corrected chi connectivity index (χ0v) is 11.8. The molecule has 22 heavy (non-hydrogen) atoms. The Hall–Kier alpha value is -3.20. The van der Waals surface area contributed by atoms with E-state index in [1.165, 1.54) is 6.33 Å². The van der Waals surface area contributed by atoms with Gasteiger partial charge in [-0.25, -0.2) is 14.6 Å². The minimum absolute atomic E-state index is 0.543. The van der Waals surface area contributed by atoms with Gasteiger partial charge in [-0.3, -0.25) is 0 Å². The molecule has 0 unspecified atom stereocenters. The number of hydrogen-bond donors (Lipinski definition) is 1. The van der Waals surface area contributed by atoms with E-state index >= 15 is 0 Å². The Balaban J connectivity index is 1.69. The Morgan fingerprint density at radius 3 is 2.91 bits per heavy atom. The molecule has 1 N–H and O–H groups in total. The fourth-order valence-electron chi connectivity index (χ4n) is 2.16. The van der Waals surface area contributed by atoms with E-state index in [1.807, 2.05) is 18.2 Å². The number of nitrogens with one attached hydrogen (secondary N) is 1. The highest BCUT2D eigenvalue weighted by Crippen LogP contribution is 2.13. The maximum absolute atomic E-state index is 9.06. The van der Waals surface area contributed by atoms with Crippen LogP contribution in [0.1, 0.15) is 16.7 Å². The Morgan fingerprint density at radius 1 is 1.18 bits per heavy atom. The molecule has 0 radical (unpaired) electrons. The molecule has 0 aliphatic heterocycles. The minimum atomic E-state index is 0.543. The zero-order chi connectivity index (χ0) is 15.2. The van der Waals surface area contributed by atoms with Crippen LogP contribution in [0.4, 0.5) is 5.82 Å². The van der Waals surface area contributed by atoms with E-state index in [0.717, 1.165) is 11.1 Å². The lowest BCUT2D eigenvalue weighted by atomic mass is 10.1. The van der Waals surface area contributed by atoms with Crippen molar-refractivity contribution >= 4 is 5.82 Å². The van der Waals surface area contributed by atoms with Crippen molar-refractivity contribution in [2.45, 2.75) is 13.1 Å². The average Bonchev–Trinajstić information content (AvgIpc) is 3.06. The molecule has 0 spiro atoms. The molecule has 0 aliphatic rings. The van der Waals surface area contributed by atoms with Crippen molar-refractivity contribution in [3.05, 3.63) is 71.9 Å². The second kappa shape index (κ2) is 6.50. The Labute approximate surface area is 128 Å². The molecule has 6 heteroatoms. The maximum atomic E-state index is 9.06. The van der Waals surface area contributed by atoms with E-state index in [0.29, 0.717) is 24.5 Å². The summed E-state index contributed by atoms with van der Waals surface area (Å²) in [6.07, 6.45) is 4.89. The average molecular weight is 290 g/mol. The van der Waals surface area contributed by atoms with Crippen LogP contribution in [0.25, 0.3) is 0 Å². The summed E-state index contributed by atoms with van der Waals surface area (Å²) >= 11 is 0. The summed E-state index contributed by atoms with van der Waals surface area (Å²) in [6, 6.07) is 13.8. The van der Waals surface area contributed by atoms with Gasteiger partial charge in [-0.05, 0) is 23.3 Å². The Bertz CT molecular complexity index is 788. The van der Waals surface area contributed by atoms with Gasteiger partial charge in [0.1, 0.15) is 24.5 Å². The van der Waals surface area contributed by atoms with Crippen LogP contribution in [0.3, 0.4) is 0 Å². The van der Waals surface area contributed by atoms with Crippen LogP contribution in [-0.4, -0.2) is 19.7 Å². The first-order valence-corrected chi connectivity index (χ1v) is 6.84. The third-order valence-electron chi connectivity index (χ3n) is 3.19. The molecule has 0 atom stereocenters. The first-order chi connectivity index (χ1) is 10.8. The summed E-state index contributed by atoms with van der Waals surface area (Å²) in [7, 11) is 0. The molecule has 1 aromatic carbocycles. The van der Waals surface area contributed by atoms with Gasteiger partial charge >= 0.3 is 0 Å². The number of nitriles is 1. The van der Waals surface area contributed by atoms with Crippen molar-refractivity contribution in [2.75, 3.05) is 5.32 Å². The fourth-order valence-corrected chi connectivity index (χ4v) is 2.16. The van der Waals surface area contributed by atoms with Crippen LogP contribution in [0.5, 0.6) is 0 Å². The van der Waals surface area contributed by atoms with Crippen molar-refractivity contribution in [1.29, 1.82) is 5.26 Å². The Kier molecular flexibility index (Phi) is 4.07. The lowest BCUT2D eigenvalue weighted by molar-refractivity contribution is 0.684. The molecule has 0 bridgehead atoms. The summed E-state index contributed by atoms with van der Waals surface area (Å²) in [5.41, 5.74) is 2.81. The highest BCUT2D eigenvalue weighted by molar-refractivity contribution is 5.51. The largest absolute Gasteiger partial charge is 0.365 e. The van der Waals surface area contributed by atoms with Crippen LogP contribution >= 0.6 is 0 Å². The van der Waals surface area contributed by atoms with Gasteiger partial charge in [0.25, 0.3) is 0 Å². The summed E-state index contributed by atoms with van der Waals surface area (Å²) in [6.45, 7) is 1.29. The Morgan fingerprint density at radius 2 is 2.09 bits per heavy atom. The second-order valence-electron chi connectivity index (χ2n) is 4.78. The fraction of sp³-hybridized carbons (Fsp3) is 0.125. The van der Waals surface area contributed by atoms with E-state index in [2.05, 4.69) is 32.5 Å². The third-order valence-corrected chi connectivity index (χ3v) is 3.19. The van der Waals surface area contributed by atoms with Crippen molar-refractivity contribution in [2.24, 2.45) is 0 Å². The van der Waals surface area contributed by atoms with Crippen molar-refractivity contribution in [3.8, 4) is 6.07 Å². The summed E-state index contributed by atoms with van der Waals surface area (Å²) in [4.78, 5) is 8.13. The number of nitrogens with zero attached hydrogens (tertiary/aromatic N) is 5. The number of benzene rings is 1. The van der Waals surface area contributed by atoms with Crippen molar-refractivity contribution < 1.29 is 0 Å². The summed E-state index contributed by atoms with van der Waals surface area (Å²) in [5, 5.41) is 16.4. The monoisotopic (exact) mass is 290 g/mol. The highest BCUT2D eigenvalue weighted by atomic mass is 15.3. The van der Waals surface area contributed by atoms with Crippen molar-refractivity contribution in [1.82, 2.24) is 19.7 Å². The number of pyridine rings is 1. The van der Waals surface area contributed by atoms with E-state index in [1.54, 1.807) is 29.3 Å². The molecule has 0 aliphatic carbocycles. The van der Waals surface area contributed by atoms with Crippen molar-refractivity contribution in [3.63, 3.8) is 0 Å². The first kappa shape index (κ1) is 13.8. The molecular formula is C16H14N6. The van der Waals surface area contributed by atoms with E-state index < -0.39 is 0 Å². The normalized spacial score (nSPS) is 10.1. The molecule has 0 fully saturated rings. The van der Waals surface area contributed by atoms with Gasteiger partial charge in [0, 0.05) is 12.7 Å². The van der Waals surface area contributed by atoms with Gasteiger partial charge in [-0.1, -0.05) is 24.3 Å². The smallest absolute Gasteiger partial charge is 0.144 e. The summed E-state index contributed by atoms with van der Waals surface area (Å²) < 4.78 is 1.78. The van der Waals surface area contributed by atoms with Gasteiger partial charge in [-0.15, -0.1) is 0 Å². The van der Waals surface area contributed by atoms with Crippen LogP contribution in [0.15, 0.2) is 55.2 Å². The number of rotatable bonds is 5. The van der Waals surface area contributed by atoms with E-state index in [9.17, 15) is 0 Å². The molecule has 2 heterocycles. The van der Waals surface area contributed by atoms with Gasteiger partial charge in [0.15, 0.2) is 0 Å². The minimum Gasteiger partial charge on any atom is -0.365 e. The molecule has 0 saturated carbocycles. The standard InChI is InChI=1S/C16H14N6/c17-8-15-5-2-6-19-16(15)20-9-13-3-1-4-14(7-13)10-22-12-18-11-21-22/h1-7,11-12H,9-10H2,(H,19,20). The molecule has 2 aromatic heterocycles. The molecule has 108 valence electrons. The quantitative estimate of drug-likeness (QED) is 0.779. The maximum Gasteiger partial charge on any atom is 0.144 e. The third kappa shape index (κ3) is 3.27. The molecular weight excluding hydrogens is 276 g/mol. The number of anilines is 1. The molecule has 3 aromatic rings. The van der Waals surface area contributed by atoms with Gasteiger partial charge in [0.05, 0.1) is 12.1 Å². The molecule has 6 nitrogen and oxygen atoms in total. The molecule has 0 amide bonds. The first-order valence-electron chi connectivity index (χ1n) is 6.84. The van der Waals surface area contributed by atoms with Gasteiger partial charge in [-0.2, -0.15) is 10.4 Å². The predicted molar refractivity (Wildman–Crippen MR) is 81.8 cm³/mol. The highest BCUT2D eigenvalue weighted by Gasteiger charge is 2.03. The SMILES string of the molecule is N#Cc1cccnc1NCc1cccc(Cn2cncn2)c1. The lowest BCUT2D eigenvalue weighted by Gasteiger charge is -2.08. The van der Waals surface area contributed by atoms with Crippen LogP contribution in [-0.2, 0) is 13.1 Å². The van der Waals surface area contributed by atoms with Crippen LogP contribution < -0.4 is 5.32 Å². The van der Waals surface area contributed by atoms with E-state index in [4.69, 9.17) is 5.26 Å². The predicted octanol–water partition coefficient (Wildman–Crippen LogP) is 2.21. The molecule has 0 saturated heterocycles. The topological polar surface area (TPSA) is 79.4 Å². The van der Waals surface area contributed by atoms with E-state index in [-0.39, 0.29) is 0 Å². The van der Waals surface area contributed by atoms with Crippen LogP contribution in [0.2, 0.25) is 0 Å². The number of hydrogen-bond acceptors (Lipinski definition) is 5. The second-order valence-corrected chi connectivity index (χ2v) is 4.78. The zero-order valence-electron chi connectivity index (χ0n) is 11.8. The summed E-state index contributed by atoms with van der Waals surface area (Å²) in [5.74, 6) is 0.603. The van der Waals surface area contributed by atoms with Gasteiger partial charge < -0.3 is 5.32 Å². The molecule has 3 rings (SSSR count).